The Morgan fingerprint density at radius 1 is 1.33 bits per heavy atom. The van der Waals surface area contributed by atoms with Gasteiger partial charge in [0.15, 0.2) is 0 Å². The van der Waals surface area contributed by atoms with Crippen LogP contribution < -0.4 is 10.5 Å². The summed E-state index contributed by atoms with van der Waals surface area (Å²) in [5.41, 5.74) is 9.80. The number of methoxy groups -OCH3 is 1. The smallest absolute Gasteiger partial charge is 0.121 e. The molecule has 0 aliphatic heterocycles. The summed E-state index contributed by atoms with van der Waals surface area (Å²) < 4.78 is 5.29. The molecule has 21 heavy (non-hydrogen) atoms. The van der Waals surface area contributed by atoms with Gasteiger partial charge in [-0.15, -0.1) is 11.3 Å². The number of hydrogen-bond donors (Lipinski definition) is 1. The second-order valence-electron chi connectivity index (χ2n) is 6.42. The molecule has 0 fully saturated rings. The molecule has 0 radical (unpaired) electrons. The van der Waals surface area contributed by atoms with Crippen molar-refractivity contribution in [3.8, 4) is 5.75 Å². The topological polar surface area (TPSA) is 48.1 Å². The van der Waals surface area contributed by atoms with Crippen LogP contribution in [-0.4, -0.2) is 12.1 Å². The minimum Gasteiger partial charge on any atom is -0.496 e. The molecule has 0 saturated heterocycles. The highest BCUT2D eigenvalue weighted by atomic mass is 32.1. The third-order valence-corrected chi connectivity index (χ3v) is 4.43. The summed E-state index contributed by atoms with van der Waals surface area (Å²) in [6.07, 6.45) is 0.770. The number of thiazole rings is 1. The lowest BCUT2D eigenvalue weighted by atomic mass is 9.93. The predicted molar refractivity (Wildman–Crippen MR) is 89.2 cm³/mol. The van der Waals surface area contributed by atoms with E-state index >= 15 is 0 Å². The number of benzene rings is 1. The van der Waals surface area contributed by atoms with Gasteiger partial charge in [0.05, 0.1) is 17.8 Å². The van der Waals surface area contributed by atoms with Gasteiger partial charge in [0, 0.05) is 23.3 Å². The molecule has 1 atom stereocenters. The molecule has 4 heteroatoms. The van der Waals surface area contributed by atoms with Crippen LogP contribution in [0.25, 0.3) is 0 Å². The van der Waals surface area contributed by atoms with Gasteiger partial charge in [-0.05, 0) is 24.1 Å². The Kier molecular flexibility index (Phi) is 4.69. The molecule has 0 spiro atoms. The van der Waals surface area contributed by atoms with Gasteiger partial charge in [-0.3, -0.25) is 0 Å². The van der Waals surface area contributed by atoms with E-state index in [0.29, 0.717) is 0 Å². The van der Waals surface area contributed by atoms with Crippen LogP contribution in [0.1, 0.15) is 48.6 Å². The third-order valence-electron chi connectivity index (χ3n) is 3.56. The summed E-state index contributed by atoms with van der Waals surface area (Å²) >= 11 is 1.70. The van der Waals surface area contributed by atoms with Gasteiger partial charge in [-0.1, -0.05) is 32.9 Å². The maximum Gasteiger partial charge on any atom is 0.121 e. The minimum absolute atomic E-state index is 0.0337. The Balaban J connectivity index is 2.12. The fourth-order valence-electron chi connectivity index (χ4n) is 2.19. The van der Waals surface area contributed by atoms with Crippen molar-refractivity contribution in [2.45, 2.75) is 45.6 Å². The van der Waals surface area contributed by atoms with Crippen LogP contribution in [0.15, 0.2) is 23.6 Å². The summed E-state index contributed by atoms with van der Waals surface area (Å²) in [7, 11) is 1.69. The number of aromatic nitrogens is 1. The Hall–Kier alpha value is -1.39. The molecule has 114 valence electrons. The number of rotatable bonds is 4. The highest BCUT2D eigenvalue weighted by Gasteiger charge is 2.18. The second kappa shape index (κ2) is 6.16. The fourth-order valence-corrected chi connectivity index (χ4v) is 3.27. The van der Waals surface area contributed by atoms with Gasteiger partial charge in [0.1, 0.15) is 5.75 Å². The van der Waals surface area contributed by atoms with Crippen molar-refractivity contribution >= 4 is 11.3 Å². The highest BCUT2D eigenvalue weighted by molar-refractivity contribution is 7.09. The Morgan fingerprint density at radius 2 is 2.05 bits per heavy atom. The standard InChI is InChI=1S/C17H24N2OS/c1-11-8-12(6-7-14(11)20-5)13(18)9-16-19-15(10-21-16)17(2,3)4/h6-8,10,13H,9,18H2,1-5H3. The molecule has 0 amide bonds. The van der Waals surface area contributed by atoms with E-state index in [1.807, 2.05) is 19.1 Å². The quantitative estimate of drug-likeness (QED) is 0.928. The zero-order valence-corrected chi connectivity index (χ0v) is 14.3. The number of ether oxygens (including phenoxy) is 1. The van der Waals surface area contributed by atoms with Gasteiger partial charge in [-0.25, -0.2) is 4.98 Å². The van der Waals surface area contributed by atoms with Crippen molar-refractivity contribution in [2.75, 3.05) is 7.11 Å². The Labute approximate surface area is 131 Å². The molecule has 2 aromatic rings. The molecule has 1 aromatic heterocycles. The number of hydrogen-bond acceptors (Lipinski definition) is 4. The van der Waals surface area contributed by atoms with E-state index in [9.17, 15) is 0 Å². The lowest BCUT2D eigenvalue weighted by molar-refractivity contribution is 0.411. The molecule has 0 aliphatic carbocycles. The molecule has 1 heterocycles. The van der Waals surface area contributed by atoms with Crippen molar-refractivity contribution in [3.05, 3.63) is 45.4 Å². The van der Waals surface area contributed by atoms with Gasteiger partial charge in [0.25, 0.3) is 0 Å². The first-order valence-corrected chi connectivity index (χ1v) is 8.04. The summed E-state index contributed by atoms with van der Waals surface area (Å²) in [4.78, 5) is 4.72. The van der Waals surface area contributed by atoms with Gasteiger partial charge < -0.3 is 10.5 Å². The van der Waals surface area contributed by atoms with E-state index in [-0.39, 0.29) is 11.5 Å². The largest absolute Gasteiger partial charge is 0.496 e. The first-order chi connectivity index (χ1) is 9.81. The number of aryl methyl sites for hydroxylation is 1. The lowest BCUT2D eigenvalue weighted by Crippen LogP contribution is -2.15. The Morgan fingerprint density at radius 3 is 2.57 bits per heavy atom. The predicted octanol–water partition coefficient (Wildman–Crippen LogP) is 4.00. The summed E-state index contributed by atoms with van der Waals surface area (Å²) in [6.45, 7) is 8.58. The van der Waals surface area contributed by atoms with Crippen LogP contribution in [-0.2, 0) is 11.8 Å². The highest BCUT2D eigenvalue weighted by Crippen LogP contribution is 2.27. The molecule has 0 saturated carbocycles. The van der Waals surface area contributed by atoms with Crippen LogP contribution in [0.4, 0.5) is 0 Å². The zero-order chi connectivity index (χ0) is 15.6. The molecule has 0 bridgehead atoms. The van der Waals surface area contributed by atoms with Gasteiger partial charge in [0.2, 0.25) is 0 Å². The first kappa shape index (κ1) is 16.0. The second-order valence-corrected chi connectivity index (χ2v) is 7.36. The molecule has 3 nitrogen and oxygen atoms in total. The maximum absolute atomic E-state index is 6.33. The van der Waals surface area contributed by atoms with Gasteiger partial charge >= 0.3 is 0 Å². The van der Waals surface area contributed by atoms with E-state index in [2.05, 4.69) is 32.2 Å². The number of nitrogens with zero attached hydrogens (tertiary/aromatic N) is 1. The monoisotopic (exact) mass is 304 g/mol. The van der Waals surface area contributed by atoms with Crippen LogP contribution in [0.3, 0.4) is 0 Å². The van der Waals surface area contributed by atoms with Crippen LogP contribution in [0.2, 0.25) is 0 Å². The van der Waals surface area contributed by atoms with Crippen molar-refractivity contribution in [1.29, 1.82) is 0 Å². The van der Waals surface area contributed by atoms with Crippen LogP contribution in [0.5, 0.6) is 5.75 Å². The Bertz CT molecular complexity index is 613. The van der Waals surface area contributed by atoms with E-state index < -0.39 is 0 Å². The fraction of sp³-hybridized carbons (Fsp3) is 0.471. The number of nitrogens with two attached hydrogens (primary N) is 1. The maximum atomic E-state index is 6.33. The van der Waals surface area contributed by atoms with Crippen molar-refractivity contribution in [2.24, 2.45) is 5.73 Å². The summed E-state index contributed by atoms with van der Waals surface area (Å²) in [6, 6.07) is 6.08. The van der Waals surface area contributed by atoms with Gasteiger partial charge in [-0.2, -0.15) is 0 Å². The van der Waals surface area contributed by atoms with E-state index in [4.69, 9.17) is 15.5 Å². The minimum atomic E-state index is -0.0337. The van der Waals surface area contributed by atoms with Crippen molar-refractivity contribution in [1.82, 2.24) is 4.98 Å². The molecular formula is C17H24N2OS. The average molecular weight is 304 g/mol. The summed E-state index contributed by atoms with van der Waals surface area (Å²) in [5, 5.41) is 3.24. The molecule has 1 unspecified atom stereocenters. The lowest BCUT2D eigenvalue weighted by Gasteiger charge is -2.15. The zero-order valence-electron chi connectivity index (χ0n) is 13.4. The molecule has 1 aromatic carbocycles. The molecule has 2 N–H and O–H groups in total. The van der Waals surface area contributed by atoms with E-state index in [0.717, 1.165) is 34.0 Å². The van der Waals surface area contributed by atoms with E-state index in [1.54, 1.807) is 18.4 Å². The normalized spacial score (nSPS) is 13.2. The van der Waals surface area contributed by atoms with Crippen molar-refractivity contribution < 1.29 is 4.74 Å². The average Bonchev–Trinajstić information content (AvgIpc) is 2.87. The van der Waals surface area contributed by atoms with Crippen LogP contribution >= 0.6 is 11.3 Å². The van der Waals surface area contributed by atoms with Crippen molar-refractivity contribution in [3.63, 3.8) is 0 Å². The summed E-state index contributed by atoms with van der Waals surface area (Å²) in [5.74, 6) is 0.898. The third kappa shape index (κ3) is 3.83. The molecule has 0 aliphatic rings. The molecule has 2 rings (SSSR count). The SMILES string of the molecule is COc1ccc(C(N)Cc2nc(C(C)(C)C)cs2)cc1C. The first-order valence-electron chi connectivity index (χ1n) is 7.16. The molecular weight excluding hydrogens is 280 g/mol. The van der Waals surface area contributed by atoms with E-state index in [1.165, 1.54) is 0 Å². The van der Waals surface area contributed by atoms with Crippen LogP contribution in [0, 0.1) is 6.92 Å².